The second-order valence-electron chi connectivity index (χ2n) is 3.57. The van der Waals surface area contributed by atoms with Crippen LogP contribution < -0.4 is 4.74 Å². The molecule has 0 amide bonds. The minimum atomic E-state index is 0.783. The molecule has 1 heterocycles. The van der Waals surface area contributed by atoms with Crippen molar-refractivity contribution in [3.8, 4) is 5.75 Å². The number of ether oxygens (including phenoxy) is 1. The lowest BCUT2D eigenvalue weighted by atomic mass is 10.0. The molecule has 74 valence electrons. The van der Waals surface area contributed by atoms with Crippen LogP contribution >= 0.6 is 15.9 Å². The summed E-state index contributed by atoms with van der Waals surface area (Å²) in [5.41, 5.74) is 3.83. The van der Waals surface area contributed by atoms with E-state index >= 15 is 0 Å². The lowest BCUT2D eigenvalue weighted by Crippen LogP contribution is -1.96. The van der Waals surface area contributed by atoms with Crippen LogP contribution in [0.1, 0.15) is 24.5 Å². The first-order valence-corrected chi connectivity index (χ1v) is 5.58. The standard InChI is InChI=1S/C12H13BrO/c1-8-4-3-7-14-11-6-5-10(13)9(2)12(8)11/h4-6H,3,7H2,1-2H3. The van der Waals surface area contributed by atoms with E-state index in [1.54, 1.807) is 0 Å². The number of rotatable bonds is 0. The van der Waals surface area contributed by atoms with Gasteiger partial charge in [-0.15, -0.1) is 0 Å². The van der Waals surface area contributed by atoms with Crippen molar-refractivity contribution in [2.24, 2.45) is 0 Å². The van der Waals surface area contributed by atoms with Crippen LogP contribution in [0.5, 0.6) is 5.75 Å². The van der Waals surface area contributed by atoms with Gasteiger partial charge in [0, 0.05) is 16.5 Å². The highest BCUT2D eigenvalue weighted by Gasteiger charge is 2.13. The summed E-state index contributed by atoms with van der Waals surface area (Å²) in [5, 5.41) is 0. The van der Waals surface area contributed by atoms with E-state index in [1.807, 2.05) is 12.1 Å². The van der Waals surface area contributed by atoms with Gasteiger partial charge in [0.15, 0.2) is 0 Å². The summed E-state index contributed by atoms with van der Waals surface area (Å²) in [4.78, 5) is 0. The van der Waals surface area contributed by atoms with Gasteiger partial charge < -0.3 is 4.74 Å². The van der Waals surface area contributed by atoms with Crippen LogP contribution in [0.3, 0.4) is 0 Å². The van der Waals surface area contributed by atoms with Crippen LogP contribution in [0.4, 0.5) is 0 Å². The molecule has 0 aliphatic carbocycles. The Labute approximate surface area is 92.9 Å². The van der Waals surface area contributed by atoms with Crippen molar-refractivity contribution in [2.75, 3.05) is 6.61 Å². The zero-order valence-corrected chi connectivity index (χ0v) is 10.0. The number of halogens is 1. The normalized spacial score (nSPS) is 15.2. The maximum atomic E-state index is 5.68. The second-order valence-corrected chi connectivity index (χ2v) is 4.42. The summed E-state index contributed by atoms with van der Waals surface area (Å²) in [5.74, 6) is 1.01. The molecule has 0 fully saturated rings. The minimum Gasteiger partial charge on any atom is -0.493 e. The van der Waals surface area contributed by atoms with Crippen LogP contribution in [0, 0.1) is 6.92 Å². The maximum absolute atomic E-state index is 5.68. The van der Waals surface area contributed by atoms with E-state index in [2.05, 4.69) is 35.9 Å². The lowest BCUT2D eigenvalue weighted by Gasteiger charge is -2.12. The van der Waals surface area contributed by atoms with E-state index in [0.29, 0.717) is 0 Å². The van der Waals surface area contributed by atoms with Gasteiger partial charge in [0.05, 0.1) is 6.61 Å². The smallest absolute Gasteiger partial charge is 0.127 e. The quantitative estimate of drug-likeness (QED) is 0.680. The molecule has 2 rings (SSSR count). The largest absolute Gasteiger partial charge is 0.493 e. The van der Waals surface area contributed by atoms with E-state index in [1.165, 1.54) is 16.7 Å². The zero-order chi connectivity index (χ0) is 10.1. The monoisotopic (exact) mass is 252 g/mol. The van der Waals surface area contributed by atoms with Gasteiger partial charge in [0.2, 0.25) is 0 Å². The Morgan fingerprint density at radius 2 is 2.07 bits per heavy atom. The van der Waals surface area contributed by atoms with E-state index < -0.39 is 0 Å². The molecule has 1 nitrogen and oxygen atoms in total. The Morgan fingerprint density at radius 1 is 1.29 bits per heavy atom. The van der Waals surface area contributed by atoms with Gasteiger partial charge in [-0.1, -0.05) is 22.0 Å². The maximum Gasteiger partial charge on any atom is 0.127 e. The molecule has 0 aromatic heterocycles. The molecule has 0 saturated carbocycles. The van der Waals surface area contributed by atoms with Crippen LogP contribution in [0.25, 0.3) is 5.57 Å². The summed E-state index contributed by atoms with van der Waals surface area (Å²) in [6.07, 6.45) is 3.24. The van der Waals surface area contributed by atoms with Crippen LogP contribution in [-0.4, -0.2) is 6.61 Å². The van der Waals surface area contributed by atoms with Crippen LogP contribution in [-0.2, 0) is 0 Å². The summed E-state index contributed by atoms with van der Waals surface area (Å²) < 4.78 is 6.83. The molecule has 1 aliphatic heterocycles. The molecule has 0 bridgehead atoms. The van der Waals surface area contributed by atoms with Crippen molar-refractivity contribution in [1.82, 2.24) is 0 Å². The molecule has 0 atom stereocenters. The van der Waals surface area contributed by atoms with Gasteiger partial charge in [0.25, 0.3) is 0 Å². The summed E-state index contributed by atoms with van der Waals surface area (Å²) in [7, 11) is 0. The first kappa shape index (κ1) is 9.78. The lowest BCUT2D eigenvalue weighted by molar-refractivity contribution is 0.326. The van der Waals surface area contributed by atoms with E-state index in [4.69, 9.17) is 4.74 Å². The zero-order valence-electron chi connectivity index (χ0n) is 8.43. The average Bonchev–Trinajstić information content (AvgIpc) is 2.35. The molecular weight excluding hydrogens is 240 g/mol. The summed E-state index contributed by atoms with van der Waals surface area (Å²) in [6, 6.07) is 4.09. The predicted octanol–water partition coefficient (Wildman–Crippen LogP) is 3.94. The predicted molar refractivity (Wildman–Crippen MR) is 62.6 cm³/mol. The Kier molecular flexibility index (Phi) is 2.64. The van der Waals surface area contributed by atoms with Crippen molar-refractivity contribution < 1.29 is 4.74 Å². The molecule has 14 heavy (non-hydrogen) atoms. The number of benzene rings is 1. The SMILES string of the molecule is CC1=CCCOc2ccc(Br)c(C)c21. The fraction of sp³-hybridized carbons (Fsp3) is 0.333. The first-order chi connectivity index (χ1) is 6.70. The molecule has 0 unspecified atom stereocenters. The molecule has 2 heteroatoms. The van der Waals surface area contributed by atoms with Gasteiger partial charge in [0.1, 0.15) is 5.75 Å². The van der Waals surface area contributed by atoms with Crippen LogP contribution in [0.15, 0.2) is 22.7 Å². The van der Waals surface area contributed by atoms with Gasteiger partial charge in [-0.25, -0.2) is 0 Å². The Bertz CT molecular complexity index is 394. The minimum absolute atomic E-state index is 0.783. The number of fused-ring (bicyclic) bond motifs is 1. The summed E-state index contributed by atoms with van der Waals surface area (Å²) in [6.45, 7) is 5.05. The molecule has 0 saturated heterocycles. The molecule has 0 N–H and O–H groups in total. The van der Waals surface area contributed by atoms with Crippen molar-refractivity contribution in [1.29, 1.82) is 0 Å². The average molecular weight is 253 g/mol. The van der Waals surface area contributed by atoms with Crippen molar-refractivity contribution >= 4 is 21.5 Å². The fourth-order valence-electron chi connectivity index (χ4n) is 1.82. The third-order valence-electron chi connectivity index (χ3n) is 2.58. The molecule has 1 aliphatic rings. The second kappa shape index (κ2) is 3.77. The van der Waals surface area contributed by atoms with E-state index in [9.17, 15) is 0 Å². The van der Waals surface area contributed by atoms with Gasteiger partial charge in [-0.3, -0.25) is 0 Å². The molecule has 1 aromatic rings. The highest BCUT2D eigenvalue weighted by Crippen LogP contribution is 2.35. The van der Waals surface area contributed by atoms with Crippen molar-refractivity contribution in [2.45, 2.75) is 20.3 Å². The molecule has 0 spiro atoms. The molecule has 0 radical (unpaired) electrons. The van der Waals surface area contributed by atoms with E-state index in [-0.39, 0.29) is 0 Å². The van der Waals surface area contributed by atoms with Crippen molar-refractivity contribution in [3.63, 3.8) is 0 Å². The molecular formula is C12H13BrO. The number of hydrogen-bond acceptors (Lipinski definition) is 1. The fourth-order valence-corrected chi connectivity index (χ4v) is 2.15. The first-order valence-electron chi connectivity index (χ1n) is 4.79. The summed E-state index contributed by atoms with van der Waals surface area (Å²) >= 11 is 3.54. The Balaban J connectivity index is 2.65. The van der Waals surface area contributed by atoms with Gasteiger partial charge >= 0.3 is 0 Å². The Hall–Kier alpha value is -0.760. The van der Waals surface area contributed by atoms with E-state index in [0.717, 1.165) is 23.2 Å². The third kappa shape index (κ3) is 1.59. The van der Waals surface area contributed by atoms with Crippen LogP contribution in [0.2, 0.25) is 0 Å². The Morgan fingerprint density at radius 3 is 2.86 bits per heavy atom. The van der Waals surface area contributed by atoms with Gasteiger partial charge in [-0.2, -0.15) is 0 Å². The van der Waals surface area contributed by atoms with Crippen molar-refractivity contribution in [3.05, 3.63) is 33.8 Å². The topological polar surface area (TPSA) is 9.23 Å². The number of allylic oxidation sites excluding steroid dienone is 1. The number of hydrogen-bond donors (Lipinski definition) is 0. The highest BCUT2D eigenvalue weighted by atomic mass is 79.9. The third-order valence-corrected chi connectivity index (χ3v) is 3.44. The van der Waals surface area contributed by atoms with Gasteiger partial charge in [-0.05, 0) is 37.1 Å². The molecule has 1 aromatic carbocycles. The highest BCUT2D eigenvalue weighted by molar-refractivity contribution is 9.10.